The van der Waals surface area contributed by atoms with Gasteiger partial charge in [0.15, 0.2) is 5.96 Å². The molecule has 0 amide bonds. The first kappa shape index (κ1) is 17.1. The molecule has 4 nitrogen and oxygen atoms in total. The van der Waals surface area contributed by atoms with Crippen LogP contribution in [0.1, 0.15) is 24.5 Å². The molecular weight excluding hydrogens is 308 g/mol. The fourth-order valence-corrected chi connectivity index (χ4v) is 2.92. The highest BCUT2D eigenvalue weighted by molar-refractivity contribution is 5.83. The van der Waals surface area contributed by atoms with Crippen molar-refractivity contribution in [3.8, 4) is 0 Å². The number of hydrogen-bond donors (Lipinski definition) is 3. The van der Waals surface area contributed by atoms with E-state index in [2.05, 4.69) is 70.1 Å². The van der Waals surface area contributed by atoms with Gasteiger partial charge >= 0.3 is 0 Å². The molecule has 1 aromatic heterocycles. The number of aryl methyl sites for hydroxylation is 1. The minimum atomic E-state index is 0.693. The van der Waals surface area contributed by atoms with Crippen molar-refractivity contribution in [2.24, 2.45) is 4.99 Å². The second-order valence-electron chi connectivity index (χ2n) is 6.07. The summed E-state index contributed by atoms with van der Waals surface area (Å²) in [5.74, 6) is 0.880. The maximum Gasteiger partial charge on any atom is 0.191 e. The molecule has 1 heterocycles. The summed E-state index contributed by atoms with van der Waals surface area (Å²) in [5, 5.41) is 8.07. The molecule has 0 saturated heterocycles. The number of nitrogens with zero attached hydrogens (tertiary/aromatic N) is 1. The van der Waals surface area contributed by atoms with Crippen LogP contribution in [0.15, 0.2) is 65.8 Å². The van der Waals surface area contributed by atoms with Crippen LogP contribution in [0.3, 0.4) is 0 Å². The molecule has 2 aromatic carbocycles. The summed E-state index contributed by atoms with van der Waals surface area (Å²) < 4.78 is 0. The van der Waals surface area contributed by atoms with Gasteiger partial charge in [0.05, 0.1) is 6.54 Å². The highest BCUT2D eigenvalue weighted by Crippen LogP contribution is 2.18. The highest BCUT2D eigenvalue weighted by Gasteiger charge is 2.03. The van der Waals surface area contributed by atoms with Gasteiger partial charge in [-0.05, 0) is 37.0 Å². The largest absolute Gasteiger partial charge is 0.361 e. The van der Waals surface area contributed by atoms with Gasteiger partial charge in [-0.25, -0.2) is 4.99 Å². The van der Waals surface area contributed by atoms with Crippen molar-refractivity contribution in [1.82, 2.24) is 15.6 Å². The highest BCUT2D eigenvalue weighted by atomic mass is 15.2. The number of aromatic amines is 1. The molecule has 0 aliphatic heterocycles. The summed E-state index contributed by atoms with van der Waals surface area (Å²) in [5.41, 5.74) is 3.81. The van der Waals surface area contributed by atoms with Crippen LogP contribution in [0.25, 0.3) is 10.9 Å². The molecule has 3 N–H and O–H groups in total. The Hall–Kier alpha value is -2.75. The summed E-state index contributed by atoms with van der Waals surface area (Å²) >= 11 is 0. The first-order valence-corrected chi connectivity index (χ1v) is 8.98. The Kier molecular flexibility index (Phi) is 6.10. The predicted octanol–water partition coefficient (Wildman–Crippen LogP) is 3.86. The molecule has 3 aromatic rings. The lowest BCUT2D eigenvalue weighted by Crippen LogP contribution is -2.37. The van der Waals surface area contributed by atoms with Gasteiger partial charge in [0.25, 0.3) is 0 Å². The fraction of sp³-hybridized carbons (Fsp3) is 0.286. The van der Waals surface area contributed by atoms with Crippen molar-refractivity contribution in [3.63, 3.8) is 0 Å². The van der Waals surface area contributed by atoms with E-state index in [-0.39, 0.29) is 0 Å². The Morgan fingerprint density at radius 1 is 1.00 bits per heavy atom. The van der Waals surface area contributed by atoms with Gasteiger partial charge in [-0.3, -0.25) is 0 Å². The van der Waals surface area contributed by atoms with Crippen molar-refractivity contribution in [1.29, 1.82) is 0 Å². The van der Waals surface area contributed by atoms with E-state index in [0.717, 1.165) is 31.9 Å². The molecule has 0 fully saturated rings. The van der Waals surface area contributed by atoms with Crippen molar-refractivity contribution in [3.05, 3.63) is 71.9 Å². The minimum Gasteiger partial charge on any atom is -0.361 e. The number of rotatable bonds is 7. The zero-order valence-electron chi connectivity index (χ0n) is 14.8. The fourth-order valence-electron chi connectivity index (χ4n) is 2.92. The first-order valence-electron chi connectivity index (χ1n) is 8.98. The number of aliphatic imine (C=N–C) groups is 1. The predicted molar refractivity (Wildman–Crippen MR) is 106 cm³/mol. The third-order valence-electron chi connectivity index (χ3n) is 4.20. The zero-order chi connectivity index (χ0) is 17.3. The molecule has 0 spiro atoms. The van der Waals surface area contributed by atoms with E-state index in [1.807, 2.05) is 18.2 Å². The Labute approximate surface area is 149 Å². The SMILES string of the molecule is CCNC(=NCc1ccccc1)NCCCc1c[nH]c2ccccc12. The number of fused-ring (bicyclic) bond motifs is 1. The standard InChI is InChI=1S/C21H26N4/c1-2-22-21(25-15-17-9-4-3-5-10-17)23-14-8-11-18-16-24-20-13-7-6-12-19(18)20/h3-7,9-10,12-13,16,24H,2,8,11,14-15H2,1H3,(H2,22,23,25). The van der Waals surface area contributed by atoms with E-state index in [1.54, 1.807) is 0 Å². The summed E-state index contributed by atoms with van der Waals surface area (Å²) in [6.07, 6.45) is 4.24. The van der Waals surface area contributed by atoms with E-state index in [0.29, 0.717) is 6.54 Å². The Bertz CT molecular complexity index is 805. The van der Waals surface area contributed by atoms with Gasteiger partial charge < -0.3 is 15.6 Å². The van der Waals surface area contributed by atoms with Crippen molar-refractivity contribution in [2.75, 3.05) is 13.1 Å². The van der Waals surface area contributed by atoms with Crippen LogP contribution in [0.5, 0.6) is 0 Å². The molecule has 0 radical (unpaired) electrons. The Morgan fingerprint density at radius 3 is 2.64 bits per heavy atom. The number of para-hydroxylation sites is 1. The maximum absolute atomic E-state index is 4.66. The second kappa shape index (κ2) is 8.92. The topological polar surface area (TPSA) is 52.2 Å². The zero-order valence-corrected chi connectivity index (χ0v) is 14.8. The lowest BCUT2D eigenvalue weighted by Gasteiger charge is -2.11. The number of H-pyrrole nitrogens is 1. The van der Waals surface area contributed by atoms with Crippen molar-refractivity contribution in [2.45, 2.75) is 26.3 Å². The van der Waals surface area contributed by atoms with Gasteiger partial charge in [-0.15, -0.1) is 0 Å². The summed E-state index contributed by atoms with van der Waals surface area (Å²) in [7, 11) is 0. The van der Waals surface area contributed by atoms with Crippen LogP contribution < -0.4 is 10.6 Å². The van der Waals surface area contributed by atoms with Crippen LogP contribution in [0.4, 0.5) is 0 Å². The molecule has 3 rings (SSSR count). The summed E-state index contributed by atoms with van der Waals surface area (Å²) in [6.45, 7) is 4.55. The molecule has 0 bridgehead atoms. The quantitative estimate of drug-likeness (QED) is 0.349. The third kappa shape index (κ3) is 4.86. The van der Waals surface area contributed by atoms with E-state index in [4.69, 9.17) is 0 Å². The smallest absolute Gasteiger partial charge is 0.191 e. The monoisotopic (exact) mass is 334 g/mol. The van der Waals surface area contributed by atoms with Crippen LogP contribution in [0, 0.1) is 0 Å². The molecule has 25 heavy (non-hydrogen) atoms. The van der Waals surface area contributed by atoms with Crippen LogP contribution >= 0.6 is 0 Å². The Morgan fingerprint density at radius 2 is 1.80 bits per heavy atom. The molecule has 130 valence electrons. The molecule has 0 atom stereocenters. The van der Waals surface area contributed by atoms with Crippen LogP contribution in [-0.2, 0) is 13.0 Å². The number of benzene rings is 2. The van der Waals surface area contributed by atoms with E-state index in [1.165, 1.54) is 22.0 Å². The second-order valence-corrected chi connectivity index (χ2v) is 6.07. The number of aromatic nitrogens is 1. The first-order chi connectivity index (χ1) is 12.4. The maximum atomic E-state index is 4.66. The summed E-state index contributed by atoms with van der Waals surface area (Å²) in [6, 6.07) is 18.8. The average molecular weight is 334 g/mol. The van der Waals surface area contributed by atoms with Crippen molar-refractivity contribution < 1.29 is 0 Å². The Balaban J connectivity index is 1.50. The molecule has 0 aliphatic carbocycles. The average Bonchev–Trinajstić information content (AvgIpc) is 3.07. The number of guanidine groups is 1. The number of hydrogen-bond acceptors (Lipinski definition) is 1. The van der Waals surface area contributed by atoms with E-state index >= 15 is 0 Å². The third-order valence-corrected chi connectivity index (χ3v) is 4.20. The van der Waals surface area contributed by atoms with Crippen molar-refractivity contribution >= 4 is 16.9 Å². The number of nitrogens with one attached hydrogen (secondary N) is 3. The lowest BCUT2D eigenvalue weighted by atomic mass is 10.1. The molecular formula is C21H26N4. The van der Waals surface area contributed by atoms with Gasteiger partial charge in [-0.2, -0.15) is 0 Å². The molecule has 0 unspecified atom stereocenters. The van der Waals surface area contributed by atoms with E-state index in [9.17, 15) is 0 Å². The lowest BCUT2D eigenvalue weighted by molar-refractivity contribution is 0.745. The van der Waals surface area contributed by atoms with Gasteiger partial charge in [0.2, 0.25) is 0 Å². The molecule has 0 saturated carbocycles. The molecule has 4 heteroatoms. The van der Waals surface area contributed by atoms with Crippen LogP contribution in [0.2, 0.25) is 0 Å². The molecule has 0 aliphatic rings. The van der Waals surface area contributed by atoms with E-state index < -0.39 is 0 Å². The minimum absolute atomic E-state index is 0.693. The van der Waals surface area contributed by atoms with Crippen LogP contribution in [-0.4, -0.2) is 24.0 Å². The summed E-state index contributed by atoms with van der Waals surface area (Å²) in [4.78, 5) is 8.00. The van der Waals surface area contributed by atoms with Gasteiger partial charge in [-0.1, -0.05) is 48.5 Å². The normalized spacial score (nSPS) is 11.6. The van der Waals surface area contributed by atoms with Gasteiger partial charge in [0.1, 0.15) is 0 Å². The van der Waals surface area contributed by atoms with Gasteiger partial charge in [0, 0.05) is 30.2 Å².